The zero-order valence-electron chi connectivity index (χ0n) is 10.4. The largest absolute Gasteiger partial charge is 0.437 e. The molecule has 0 atom stereocenters. The Morgan fingerprint density at radius 3 is 2.78 bits per heavy atom. The monoisotopic (exact) mass is 266 g/mol. The van der Waals surface area contributed by atoms with Crippen LogP contribution in [0.3, 0.4) is 0 Å². The van der Waals surface area contributed by atoms with Crippen LogP contribution in [0, 0.1) is 19.7 Å². The van der Waals surface area contributed by atoms with E-state index in [2.05, 4.69) is 10.3 Å². The molecular weight excluding hydrogens is 251 g/mol. The Bertz CT molecular complexity index is 508. The number of thioether (sulfide) groups is 1. The van der Waals surface area contributed by atoms with Crippen LogP contribution < -0.4 is 5.32 Å². The molecule has 0 unspecified atom stereocenters. The molecule has 5 heteroatoms. The van der Waals surface area contributed by atoms with Gasteiger partial charge in [0, 0.05) is 12.3 Å². The van der Waals surface area contributed by atoms with Gasteiger partial charge in [-0.05, 0) is 26.0 Å². The average molecular weight is 266 g/mol. The summed E-state index contributed by atoms with van der Waals surface area (Å²) in [7, 11) is 0. The second kappa shape index (κ2) is 5.91. The van der Waals surface area contributed by atoms with Gasteiger partial charge in [0.25, 0.3) is 5.22 Å². The number of nitrogens with one attached hydrogen (secondary N) is 1. The van der Waals surface area contributed by atoms with E-state index >= 15 is 0 Å². The van der Waals surface area contributed by atoms with Crippen LogP contribution in [0.1, 0.15) is 11.5 Å². The minimum Gasteiger partial charge on any atom is -0.437 e. The highest BCUT2D eigenvalue weighted by Gasteiger charge is 2.05. The Morgan fingerprint density at radius 1 is 1.33 bits per heavy atom. The number of anilines is 1. The van der Waals surface area contributed by atoms with E-state index < -0.39 is 0 Å². The van der Waals surface area contributed by atoms with Gasteiger partial charge in [0.2, 0.25) is 0 Å². The smallest absolute Gasteiger partial charge is 0.256 e. The first-order valence-corrected chi connectivity index (χ1v) is 6.70. The molecule has 0 aliphatic carbocycles. The molecule has 0 saturated heterocycles. The number of benzene rings is 1. The lowest BCUT2D eigenvalue weighted by Gasteiger charge is -2.05. The zero-order valence-corrected chi connectivity index (χ0v) is 11.2. The number of hydrogen-bond donors (Lipinski definition) is 1. The number of halogens is 1. The lowest BCUT2D eigenvalue weighted by atomic mass is 10.3. The van der Waals surface area contributed by atoms with Crippen molar-refractivity contribution in [2.45, 2.75) is 19.1 Å². The average Bonchev–Trinajstić information content (AvgIpc) is 2.66. The van der Waals surface area contributed by atoms with Crippen molar-refractivity contribution in [3.8, 4) is 0 Å². The molecule has 0 aliphatic heterocycles. The van der Waals surface area contributed by atoms with E-state index in [1.807, 2.05) is 13.8 Å². The van der Waals surface area contributed by atoms with Crippen LogP contribution >= 0.6 is 11.8 Å². The lowest BCUT2D eigenvalue weighted by molar-refractivity contribution is 0.431. The van der Waals surface area contributed by atoms with Gasteiger partial charge in [-0.3, -0.25) is 0 Å². The van der Waals surface area contributed by atoms with E-state index in [1.54, 1.807) is 18.2 Å². The highest BCUT2D eigenvalue weighted by Crippen LogP contribution is 2.20. The second-order valence-electron chi connectivity index (χ2n) is 3.88. The molecule has 96 valence electrons. The van der Waals surface area contributed by atoms with Gasteiger partial charge in [0.05, 0.1) is 11.4 Å². The van der Waals surface area contributed by atoms with Gasteiger partial charge in [0.1, 0.15) is 11.6 Å². The van der Waals surface area contributed by atoms with Crippen LogP contribution in [0.5, 0.6) is 0 Å². The van der Waals surface area contributed by atoms with Crippen LogP contribution in [0.4, 0.5) is 10.1 Å². The van der Waals surface area contributed by atoms with Gasteiger partial charge in [0.15, 0.2) is 0 Å². The summed E-state index contributed by atoms with van der Waals surface area (Å²) in [5, 5.41) is 3.71. The topological polar surface area (TPSA) is 38.1 Å². The molecule has 0 saturated carbocycles. The molecule has 1 heterocycles. The predicted molar refractivity (Wildman–Crippen MR) is 71.6 cm³/mol. The van der Waals surface area contributed by atoms with Crippen molar-refractivity contribution in [1.82, 2.24) is 4.98 Å². The molecule has 1 N–H and O–H groups in total. The summed E-state index contributed by atoms with van der Waals surface area (Å²) in [4.78, 5) is 4.27. The first-order chi connectivity index (χ1) is 8.66. The molecule has 0 amide bonds. The van der Waals surface area contributed by atoms with Crippen molar-refractivity contribution in [3.05, 3.63) is 41.5 Å². The highest BCUT2D eigenvalue weighted by atomic mass is 32.2. The Hall–Kier alpha value is -1.49. The summed E-state index contributed by atoms with van der Waals surface area (Å²) in [5.74, 6) is 1.39. The van der Waals surface area contributed by atoms with E-state index in [0.29, 0.717) is 17.5 Å². The molecule has 3 nitrogen and oxygen atoms in total. The molecular formula is C13H15FN2OS. The normalized spacial score (nSPS) is 10.6. The minimum atomic E-state index is -0.231. The van der Waals surface area contributed by atoms with Crippen LogP contribution in [-0.4, -0.2) is 17.3 Å². The van der Waals surface area contributed by atoms with Gasteiger partial charge >= 0.3 is 0 Å². The van der Waals surface area contributed by atoms with E-state index in [0.717, 1.165) is 17.2 Å². The summed E-state index contributed by atoms with van der Waals surface area (Å²) >= 11 is 1.52. The summed E-state index contributed by atoms with van der Waals surface area (Å²) in [6, 6.07) is 6.64. The fourth-order valence-corrected chi connectivity index (χ4v) is 2.20. The van der Waals surface area contributed by atoms with Crippen molar-refractivity contribution in [1.29, 1.82) is 0 Å². The maximum atomic E-state index is 13.3. The SMILES string of the molecule is Cc1nc(SCCNc2ccccc2F)oc1C. The second-order valence-corrected chi connectivity index (χ2v) is 4.92. The van der Waals surface area contributed by atoms with Gasteiger partial charge in [-0.1, -0.05) is 23.9 Å². The molecule has 2 aromatic rings. The molecule has 0 fully saturated rings. The zero-order chi connectivity index (χ0) is 13.0. The number of aryl methyl sites for hydroxylation is 2. The van der Waals surface area contributed by atoms with Crippen molar-refractivity contribution in [2.24, 2.45) is 0 Å². The van der Waals surface area contributed by atoms with Crippen molar-refractivity contribution < 1.29 is 8.81 Å². The fourth-order valence-electron chi connectivity index (χ4n) is 1.43. The van der Waals surface area contributed by atoms with Crippen LogP contribution in [0.2, 0.25) is 0 Å². The number of oxazole rings is 1. The molecule has 0 bridgehead atoms. The Kier molecular flexibility index (Phi) is 4.25. The first-order valence-electron chi connectivity index (χ1n) is 5.72. The van der Waals surface area contributed by atoms with Gasteiger partial charge in [-0.15, -0.1) is 0 Å². The Labute approximate surface area is 110 Å². The van der Waals surface area contributed by atoms with E-state index in [4.69, 9.17) is 4.42 Å². The summed E-state index contributed by atoms with van der Waals surface area (Å²) in [6.07, 6.45) is 0. The fraction of sp³-hybridized carbons (Fsp3) is 0.308. The van der Waals surface area contributed by atoms with Crippen molar-refractivity contribution >= 4 is 17.4 Å². The third-order valence-electron chi connectivity index (χ3n) is 2.53. The molecule has 2 rings (SSSR count). The van der Waals surface area contributed by atoms with Gasteiger partial charge in [-0.2, -0.15) is 0 Å². The van der Waals surface area contributed by atoms with E-state index in [-0.39, 0.29) is 5.82 Å². The Morgan fingerprint density at radius 2 is 2.11 bits per heavy atom. The molecule has 0 radical (unpaired) electrons. The van der Waals surface area contributed by atoms with Crippen molar-refractivity contribution in [2.75, 3.05) is 17.6 Å². The third kappa shape index (κ3) is 3.26. The summed E-state index contributed by atoms with van der Waals surface area (Å²) in [5.41, 5.74) is 1.44. The summed E-state index contributed by atoms with van der Waals surface area (Å²) < 4.78 is 18.7. The number of para-hydroxylation sites is 1. The molecule has 1 aromatic heterocycles. The van der Waals surface area contributed by atoms with Crippen LogP contribution in [0.15, 0.2) is 33.9 Å². The third-order valence-corrected chi connectivity index (χ3v) is 3.36. The number of hydrogen-bond acceptors (Lipinski definition) is 4. The van der Waals surface area contributed by atoms with Crippen LogP contribution in [0.25, 0.3) is 0 Å². The quantitative estimate of drug-likeness (QED) is 0.662. The lowest BCUT2D eigenvalue weighted by Crippen LogP contribution is -2.05. The first kappa shape index (κ1) is 13.0. The van der Waals surface area contributed by atoms with E-state index in [9.17, 15) is 4.39 Å². The van der Waals surface area contributed by atoms with Gasteiger partial charge in [-0.25, -0.2) is 9.37 Å². The minimum absolute atomic E-state index is 0.231. The number of nitrogens with zero attached hydrogens (tertiary/aromatic N) is 1. The highest BCUT2D eigenvalue weighted by molar-refractivity contribution is 7.99. The van der Waals surface area contributed by atoms with Crippen molar-refractivity contribution in [3.63, 3.8) is 0 Å². The molecule has 0 aliphatic rings. The Balaban J connectivity index is 1.78. The van der Waals surface area contributed by atoms with Gasteiger partial charge < -0.3 is 9.73 Å². The number of aromatic nitrogens is 1. The molecule has 18 heavy (non-hydrogen) atoms. The molecule has 0 spiro atoms. The maximum Gasteiger partial charge on any atom is 0.256 e. The molecule has 1 aromatic carbocycles. The maximum absolute atomic E-state index is 13.3. The van der Waals surface area contributed by atoms with E-state index in [1.165, 1.54) is 17.8 Å². The standard InChI is InChI=1S/C13H15FN2OS/c1-9-10(2)17-13(16-9)18-8-7-15-12-6-4-3-5-11(12)14/h3-6,15H,7-8H2,1-2H3. The van der Waals surface area contributed by atoms with Crippen LogP contribution in [-0.2, 0) is 0 Å². The summed E-state index contributed by atoms with van der Waals surface area (Å²) in [6.45, 7) is 4.47. The predicted octanol–water partition coefficient (Wildman–Crippen LogP) is 3.63. The number of rotatable bonds is 5.